The lowest BCUT2D eigenvalue weighted by Gasteiger charge is -2.03. The smallest absolute Gasteiger partial charge is 0.275 e. The number of nitrogens with zero attached hydrogens (tertiary/aromatic N) is 1. The standard InChI is InChI=1S/C15H14N4OS/c20-14(13-8-21-15(19-13)18-10-1-2-10)17-11-3-4-12-9(7-11)5-6-16-12/h3-8,10,16H,1-2H2,(H,17,20)(H,18,19). The van der Waals surface area contributed by atoms with Crippen LogP contribution in [0.25, 0.3) is 10.9 Å². The predicted molar refractivity (Wildman–Crippen MR) is 85.0 cm³/mol. The summed E-state index contributed by atoms with van der Waals surface area (Å²) in [5.74, 6) is -0.176. The van der Waals surface area contributed by atoms with E-state index >= 15 is 0 Å². The van der Waals surface area contributed by atoms with Gasteiger partial charge in [-0.3, -0.25) is 4.79 Å². The molecule has 2 aromatic heterocycles. The number of carbonyl (C=O) groups excluding carboxylic acids is 1. The molecule has 0 aliphatic heterocycles. The number of aromatic amines is 1. The van der Waals surface area contributed by atoms with Crippen LogP contribution in [0.4, 0.5) is 10.8 Å². The maximum atomic E-state index is 12.2. The van der Waals surface area contributed by atoms with Crippen LogP contribution in [0.2, 0.25) is 0 Å². The Hall–Kier alpha value is -2.34. The molecule has 21 heavy (non-hydrogen) atoms. The Morgan fingerprint density at radius 1 is 1.33 bits per heavy atom. The van der Waals surface area contributed by atoms with E-state index in [9.17, 15) is 4.79 Å². The molecule has 0 atom stereocenters. The van der Waals surface area contributed by atoms with Crippen molar-refractivity contribution in [3.63, 3.8) is 0 Å². The molecular weight excluding hydrogens is 284 g/mol. The van der Waals surface area contributed by atoms with Crippen LogP contribution >= 0.6 is 11.3 Å². The van der Waals surface area contributed by atoms with Crippen molar-refractivity contribution in [1.82, 2.24) is 9.97 Å². The summed E-state index contributed by atoms with van der Waals surface area (Å²) in [7, 11) is 0. The number of hydrogen-bond donors (Lipinski definition) is 3. The number of nitrogens with one attached hydrogen (secondary N) is 3. The molecule has 0 spiro atoms. The van der Waals surface area contributed by atoms with Crippen molar-refractivity contribution in [2.45, 2.75) is 18.9 Å². The van der Waals surface area contributed by atoms with E-state index < -0.39 is 0 Å². The van der Waals surface area contributed by atoms with Gasteiger partial charge in [-0.05, 0) is 37.1 Å². The van der Waals surface area contributed by atoms with Gasteiger partial charge in [-0.25, -0.2) is 4.98 Å². The lowest BCUT2D eigenvalue weighted by atomic mass is 10.2. The summed E-state index contributed by atoms with van der Waals surface area (Å²) in [4.78, 5) is 19.7. The van der Waals surface area contributed by atoms with E-state index in [4.69, 9.17) is 0 Å². The molecule has 0 bridgehead atoms. The van der Waals surface area contributed by atoms with Crippen molar-refractivity contribution < 1.29 is 4.79 Å². The van der Waals surface area contributed by atoms with Crippen LogP contribution in [0, 0.1) is 0 Å². The molecule has 1 fully saturated rings. The SMILES string of the molecule is O=C(Nc1ccc2[nH]ccc2c1)c1csc(NC2CC2)n1. The number of anilines is 2. The van der Waals surface area contributed by atoms with Gasteiger partial charge in [0.15, 0.2) is 5.13 Å². The van der Waals surface area contributed by atoms with Gasteiger partial charge in [0, 0.05) is 34.2 Å². The number of rotatable bonds is 4. The van der Waals surface area contributed by atoms with E-state index in [-0.39, 0.29) is 5.91 Å². The predicted octanol–water partition coefficient (Wildman–Crippen LogP) is 3.45. The first-order valence-corrected chi connectivity index (χ1v) is 7.76. The molecule has 1 amide bonds. The van der Waals surface area contributed by atoms with E-state index in [1.165, 1.54) is 24.2 Å². The third kappa shape index (κ3) is 2.62. The highest BCUT2D eigenvalue weighted by molar-refractivity contribution is 7.13. The largest absolute Gasteiger partial charge is 0.361 e. The fourth-order valence-electron chi connectivity index (χ4n) is 2.17. The van der Waals surface area contributed by atoms with Gasteiger partial charge in [-0.15, -0.1) is 11.3 Å². The fourth-order valence-corrected chi connectivity index (χ4v) is 2.94. The number of amides is 1. The Kier molecular flexibility index (Phi) is 2.89. The fraction of sp³-hybridized carbons (Fsp3) is 0.200. The van der Waals surface area contributed by atoms with E-state index in [0.717, 1.165) is 21.7 Å². The summed E-state index contributed by atoms with van der Waals surface area (Å²) < 4.78 is 0. The number of fused-ring (bicyclic) bond motifs is 1. The Morgan fingerprint density at radius 3 is 3.10 bits per heavy atom. The average Bonchev–Trinajstić information content (AvgIpc) is 2.99. The summed E-state index contributed by atoms with van der Waals surface area (Å²) in [5.41, 5.74) is 2.28. The maximum absolute atomic E-state index is 12.2. The molecule has 3 N–H and O–H groups in total. The maximum Gasteiger partial charge on any atom is 0.275 e. The topological polar surface area (TPSA) is 69.8 Å². The van der Waals surface area contributed by atoms with E-state index in [1.807, 2.05) is 30.5 Å². The first kappa shape index (κ1) is 12.4. The Morgan fingerprint density at radius 2 is 2.24 bits per heavy atom. The van der Waals surface area contributed by atoms with Crippen molar-refractivity contribution in [3.05, 3.63) is 41.5 Å². The molecule has 3 aromatic rings. The summed E-state index contributed by atoms with van der Waals surface area (Å²) in [6, 6.07) is 8.30. The molecule has 1 saturated carbocycles. The molecular formula is C15H14N4OS. The van der Waals surface area contributed by atoms with Gasteiger partial charge in [-0.2, -0.15) is 0 Å². The van der Waals surface area contributed by atoms with Gasteiger partial charge < -0.3 is 15.6 Å². The minimum Gasteiger partial charge on any atom is -0.361 e. The molecule has 6 heteroatoms. The molecule has 0 saturated heterocycles. The van der Waals surface area contributed by atoms with Crippen LogP contribution in [0.3, 0.4) is 0 Å². The molecule has 1 aromatic carbocycles. The third-order valence-corrected chi connectivity index (χ3v) is 4.23. The normalized spacial score (nSPS) is 14.3. The zero-order chi connectivity index (χ0) is 14.2. The van der Waals surface area contributed by atoms with Crippen LogP contribution in [-0.2, 0) is 0 Å². The first-order chi connectivity index (χ1) is 10.3. The Labute approximate surface area is 125 Å². The summed E-state index contributed by atoms with van der Waals surface area (Å²) >= 11 is 1.47. The molecule has 106 valence electrons. The monoisotopic (exact) mass is 298 g/mol. The second kappa shape index (κ2) is 4.89. The van der Waals surface area contributed by atoms with Crippen LogP contribution in [0.5, 0.6) is 0 Å². The minimum absolute atomic E-state index is 0.176. The van der Waals surface area contributed by atoms with E-state index in [2.05, 4.69) is 20.6 Å². The molecule has 4 rings (SSSR count). The summed E-state index contributed by atoms with van der Waals surface area (Å²) in [6.07, 6.45) is 4.27. The van der Waals surface area contributed by atoms with Gasteiger partial charge in [-0.1, -0.05) is 0 Å². The van der Waals surface area contributed by atoms with Crippen molar-refractivity contribution in [2.24, 2.45) is 0 Å². The van der Waals surface area contributed by atoms with Gasteiger partial charge in [0.05, 0.1) is 0 Å². The number of benzene rings is 1. The summed E-state index contributed by atoms with van der Waals surface area (Å²) in [5, 5.41) is 9.87. The van der Waals surface area contributed by atoms with Gasteiger partial charge in [0.1, 0.15) is 5.69 Å². The van der Waals surface area contributed by atoms with Crippen molar-refractivity contribution in [3.8, 4) is 0 Å². The van der Waals surface area contributed by atoms with Gasteiger partial charge in [0.2, 0.25) is 0 Å². The highest BCUT2D eigenvalue weighted by Crippen LogP contribution is 2.27. The highest BCUT2D eigenvalue weighted by Gasteiger charge is 2.22. The zero-order valence-electron chi connectivity index (χ0n) is 11.2. The molecule has 1 aliphatic rings. The quantitative estimate of drug-likeness (QED) is 0.691. The molecule has 0 radical (unpaired) electrons. The van der Waals surface area contributed by atoms with Gasteiger partial charge in [0.25, 0.3) is 5.91 Å². The second-order valence-corrected chi connectivity index (χ2v) is 6.05. The number of H-pyrrole nitrogens is 1. The third-order valence-electron chi connectivity index (χ3n) is 3.45. The number of thiazole rings is 1. The number of hydrogen-bond acceptors (Lipinski definition) is 4. The van der Waals surface area contributed by atoms with Crippen molar-refractivity contribution in [2.75, 3.05) is 10.6 Å². The summed E-state index contributed by atoms with van der Waals surface area (Å²) in [6.45, 7) is 0. The van der Waals surface area contributed by atoms with Crippen molar-refractivity contribution in [1.29, 1.82) is 0 Å². The Balaban J connectivity index is 1.49. The van der Waals surface area contributed by atoms with Crippen LogP contribution in [0.15, 0.2) is 35.8 Å². The highest BCUT2D eigenvalue weighted by atomic mass is 32.1. The van der Waals surface area contributed by atoms with E-state index in [0.29, 0.717) is 11.7 Å². The Bertz CT molecular complexity index is 803. The molecule has 2 heterocycles. The lowest BCUT2D eigenvalue weighted by Crippen LogP contribution is -2.12. The van der Waals surface area contributed by atoms with E-state index in [1.54, 1.807) is 5.38 Å². The molecule has 5 nitrogen and oxygen atoms in total. The van der Waals surface area contributed by atoms with Crippen molar-refractivity contribution >= 4 is 39.0 Å². The first-order valence-electron chi connectivity index (χ1n) is 6.88. The van der Waals surface area contributed by atoms with Crippen LogP contribution in [0.1, 0.15) is 23.3 Å². The lowest BCUT2D eigenvalue weighted by molar-refractivity contribution is 0.102. The minimum atomic E-state index is -0.176. The zero-order valence-corrected chi connectivity index (χ0v) is 12.0. The number of aromatic nitrogens is 2. The van der Waals surface area contributed by atoms with Crippen LogP contribution in [-0.4, -0.2) is 21.9 Å². The second-order valence-electron chi connectivity index (χ2n) is 5.19. The molecule has 0 unspecified atom stereocenters. The number of carbonyl (C=O) groups is 1. The molecule has 1 aliphatic carbocycles. The van der Waals surface area contributed by atoms with Crippen LogP contribution < -0.4 is 10.6 Å². The van der Waals surface area contributed by atoms with Gasteiger partial charge >= 0.3 is 0 Å². The average molecular weight is 298 g/mol.